The predicted molar refractivity (Wildman–Crippen MR) is 164 cm³/mol. The molecule has 0 spiro atoms. The third kappa shape index (κ3) is 9.81. The van der Waals surface area contributed by atoms with Crippen molar-refractivity contribution in [3.8, 4) is 11.5 Å². The fourth-order valence-electron chi connectivity index (χ4n) is 3.62. The molecule has 0 aliphatic heterocycles. The SMILES string of the molecule is CC(C)(C)OC(=O)Nc1ccc(NC(=O)c2ccco2)cc1.COc1cc([N+](=O)[O-])c(OC)cc1NC(=O)c1ccccc1F. The average Bonchev–Trinajstić information content (AvgIpc) is 3.53. The van der Waals surface area contributed by atoms with Crippen LogP contribution in [0.25, 0.3) is 0 Å². The second-order valence-electron chi connectivity index (χ2n) is 10.1. The highest BCUT2D eigenvalue weighted by molar-refractivity contribution is 6.05. The monoisotopic (exact) mass is 622 g/mol. The van der Waals surface area contributed by atoms with Gasteiger partial charge >= 0.3 is 11.8 Å². The third-order valence-electron chi connectivity index (χ3n) is 5.60. The fourth-order valence-corrected chi connectivity index (χ4v) is 3.62. The number of halogens is 1. The van der Waals surface area contributed by atoms with Crippen LogP contribution in [0.5, 0.6) is 11.5 Å². The van der Waals surface area contributed by atoms with E-state index in [9.17, 15) is 28.9 Å². The van der Waals surface area contributed by atoms with Crippen LogP contribution in [0.1, 0.15) is 41.7 Å². The van der Waals surface area contributed by atoms with Crippen molar-refractivity contribution in [3.63, 3.8) is 0 Å². The lowest BCUT2D eigenvalue weighted by Crippen LogP contribution is -2.27. The zero-order valence-electron chi connectivity index (χ0n) is 25.0. The maximum absolute atomic E-state index is 13.6. The summed E-state index contributed by atoms with van der Waals surface area (Å²) >= 11 is 0. The second-order valence-corrected chi connectivity index (χ2v) is 10.1. The van der Waals surface area contributed by atoms with Crippen molar-refractivity contribution in [2.24, 2.45) is 0 Å². The molecular weight excluding hydrogens is 591 g/mol. The summed E-state index contributed by atoms with van der Waals surface area (Å²) in [4.78, 5) is 45.9. The molecule has 0 aliphatic rings. The summed E-state index contributed by atoms with van der Waals surface area (Å²) in [6.07, 6.45) is 0.905. The molecule has 0 radical (unpaired) electrons. The molecule has 0 aliphatic carbocycles. The number of carbonyl (C=O) groups excluding carboxylic acids is 3. The van der Waals surface area contributed by atoms with E-state index in [1.54, 1.807) is 57.2 Å². The molecule has 3 aromatic carbocycles. The lowest BCUT2D eigenvalue weighted by molar-refractivity contribution is -0.385. The number of methoxy groups -OCH3 is 2. The third-order valence-corrected chi connectivity index (χ3v) is 5.60. The van der Waals surface area contributed by atoms with Crippen LogP contribution in [0.2, 0.25) is 0 Å². The van der Waals surface area contributed by atoms with Gasteiger partial charge in [0.05, 0.1) is 42.7 Å². The van der Waals surface area contributed by atoms with Gasteiger partial charge in [-0.1, -0.05) is 12.1 Å². The van der Waals surface area contributed by atoms with Crippen molar-refractivity contribution >= 4 is 40.7 Å². The number of anilines is 3. The minimum Gasteiger partial charge on any atom is -0.494 e. The first kappa shape index (κ1) is 33.6. The largest absolute Gasteiger partial charge is 0.494 e. The Labute approximate surface area is 257 Å². The van der Waals surface area contributed by atoms with Crippen molar-refractivity contribution < 1.29 is 42.3 Å². The summed E-state index contributed by atoms with van der Waals surface area (Å²) in [5, 5.41) is 18.7. The quantitative estimate of drug-likeness (QED) is 0.140. The maximum atomic E-state index is 13.6. The van der Waals surface area contributed by atoms with Crippen LogP contribution in [0.3, 0.4) is 0 Å². The summed E-state index contributed by atoms with van der Waals surface area (Å²) in [5.74, 6) is -1.49. The average molecular weight is 623 g/mol. The van der Waals surface area contributed by atoms with Crippen molar-refractivity contribution in [2.75, 3.05) is 30.2 Å². The van der Waals surface area contributed by atoms with E-state index in [1.807, 2.05) is 0 Å². The lowest BCUT2D eigenvalue weighted by atomic mass is 10.2. The minimum atomic E-state index is -0.711. The van der Waals surface area contributed by atoms with Crippen LogP contribution in [0.15, 0.2) is 83.5 Å². The Bertz CT molecular complexity index is 1650. The van der Waals surface area contributed by atoms with Crippen molar-refractivity contribution in [1.82, 2.24) is 0 Å². The molecule has 1 heterocycles. The van der Waals surface area contributed by atoms with Gasteiger partial charge in [-0.2, -0.15) is 0 Å². The molecule has 0 bridgehead atoms. The second kappa shape index (κ2) is 15.0. The maximum Gasteiger partial charge on any atom is 0.412 e. The molecule has 1 aromatic heterocycles. The van der Waals surface area contributed by atoms with Crippen LogP contribution < -0.4 is 25.4 Å². The fraction of sp³-hybridized carbons (Fsp3) is 0.194. The van der Waals surface area contributed by atoms with Crippen LogP contribution in [0.4, 0.5) is 31.9 Å². The zero-order chi connectivity index (χ0) is 33.1. The Kier molecular flexibility index (Phi) is 11.2. The summed E-state index contributed by atoms with van der Waals surface area (Å²) in [5.41, 5.74) is 0.269. The molecular formula is C31H31FN4O9. The van der Waals surface area contributed by atoms with Gasteiger partial charge in [0.15, 0.2) is 11.5 Å². The van der Waals surface area contributed by atoms with Crippen molar-refractivity contribution in [3.05, 3.63) is 106 Å². The minimum absolute atomic E-state index is 0.0559. The Morgan fingerprint density at radius 2 is 1.44 bits per heavy atom. The number of nitrogens with zero attached hydrogens (tertiary/aromatic N) is 1. The Balaban J connectivity index is 0.000000246. The summed E-state index contributed by atoms with van der Waals surface area (Å²) in [7, 11) is 2.56. The number of ether oxygens (including phenoxy) is 3. The van der Waals surface area contributed by atoms with E-state index in [0.29, 0.717) is 11.4 Å². The highest BCUT2D eigenvalue weighted by Crippen LogP contribution is 2.37. The van der Waals surface area contributed by atoms with Crippen LogP contribution in [0, 0.1) is 15.9 Å². The topological polar surface area (TPSA) is 171 Å². The molecule has 4 rings (SSSR count). The van der Waals surface area contributed by atoms with Gasteiger partial charge in [0.25, 0.3) is 11.8 Å². The molecule has 0 saturated heterocycles. The highest BCUT2D eigenvalue weighted by atomic mass is 19.1. The first-order chi connectivity index (χ1) is 21.3. The predicted octanol–water partition coefficient (Wildman–Crippen LogP) is 6.88. The Hall–Kier alpha value is -5.92. The van der Waals surface area contributed by atoms with Gasteiger partial charge in [0.1, 0.15) is 17.2 Å². The molecule has 0 atom stereocenters. The van der Waals surface area contributed by atoms with Gasteiger partial charge in [0, 0.05) is 17.4 Å². The summed E-state index contributed by atoms with van der Waals surface area (Å²) in [6, 6.07) is 17.7. The molecule has 3 N–H and O–H groups in total. The van der Waals surface area contributed by atoms with Gasteiger partial charge < -0.3 is 29.3 Å². The number of carbonyl (C=O) groups is 3. The smallest absolute Gasteiger partial charge is 0.412 e. The van der Waals surface area contributed by atoms with E-state index in [-0.39, 0.29) is 40.1 Å². The van der Waals surface area contributed by atoms with Gasteiger partial charge in [-0.15, -0.1) is 0 Å². The molecule has 0 unspecified atom stereocenters. The van der Waals surface area contributed by atoms with Gasteiger partial charge in [0.2, 0.25) is 0 Å². The van der Waals surface area contributed by atoms with E-state index in [1.165, 1.54) is 44.7 Å². The van der Waals surface area contributed by atoms with E-state index in [0.717, 1.165) is 12.1 Å². The number of hydrogen-bond acceptors (Lipinski definition) is 9. The lowest BCUT2D eigenvalue weighted by Gasteiger charge is -2.19. The van der Waals surface area contributed by atoms with Crippen LogP contribution in [-0.4, -0.2) is 42.7 Å². The van der Waals surface area contributed by atoms with E-state index in [4.69, 9.17) is 18.6 Å². The molecule has 13 nitrogen and oxygen atoms in total. The van der Waals surface area contributed by atoms with E-state index in [2.05, 4.69) is 16.0 Å². The van der Waals surface area contributed by atoms with Gasteiger partial charge in [-0.25, -0.2) is 9.18 Å². The highest BCUT2D eigenvalue weighted by Gasteiger charge is 2.22. The molecule has 236 valence electrons. The Morgan fingerprint density at radius 1 is 0.822 bits per heavy atom. The molecule has 45 heavy (non-hydrogen) atoms. The zero-order valence-corrected chi connectivity index (χ0v) is 25.0. The van der Waals surface area contributed by atoms with Gasteiger partial charge in [-0.3, -0.25) is 25.0 Å². The van der Waals surface area contributed by atoms with Gasteiger partial charge in [-0.05, 0) is 69.3 Å². The number of benzene rings is 3. The number of hydrogen-bond donors (Lipinski definition) is 3. The normalized spacial score (nSPS) is 10.4. The number of nitrogens with one attached hydrogen (secondary N) is 3. The standard InChI is InChI=1S/C16H18N2O4.C15H13FN2O5/c1-16(2,3)22-15(20)18-12-8-6-11(7-9-12)17-14(19)13-5-4-10-21-13;1-22-13-8-12(18(20)21)14(23-2)7-11(13)17-15(19)9-5-3-4-6-10(9)16/h4-10H,1-3H3,(H,17,19)(H,18,20);3-8H,1-2H3,(H,17,19). The number of nitro benzene ring substituents is 1. The molecule has 0 saturated carbocycles. The first-order valence-electron chi connectivity index (χ1n) is 13.2. The van der Waals surface area contributed by atoms with E-state index >= 15 is 0 Å². The molecule has 0 fully saturated rings. The number of amides is 3. The summed E-state index contributed by atoms with van der Waals surface area (Å²) < 4.78 is 33.8. The first-order valence-corrected chi connectivity index (χ1v) is 13.2. The van der Waals surface area contributed by atoms with Crippen molar-refractivity contribution in [2.45, 2.75) is 26.4 Å². The molecule has 3 amide bonds. The Morgan fingerprint density at radius 3 is 1.98 bits per heavy atom. The van der Waals surface area contributed by atoms with Crippen molar-refractivity contribution in [1.29, 1.82) is 0 Å². The number of furan rings is 1. The van der Waals surface area contributed by atoms with Crippen LogP contribution in [-0.2, 0) is 4.74 Å². The van der Waals surface area contributed by atoms with E-state index < -0.39 is 28.3 Å². The molecule has 4 aromatic rings. The van der Waals surface area contributed by atoms with Crippen LogP contribution >= 0.6 is 0 Å². The summed E-state index contributed by atoms with van der Waals surface area (Å²) in [6.45, 7) is 5.37. The number of nitro groups is 1. The number of rotatable bonds is 8. The molecule has 14 heteroatoms.